The molecule has 2 unspecified atom stereocenters. The highest BCUT2D eigenvalue weighted by atomic mass is 16.5. The summed E-state index contributed by atoms with van der Waals surface area (Å²) in [6, 6.07) is 1.68. The Labute approximate surface area is 86.3 Å². The van der Waals surface area contributed by atoms with Gasteiger partial charge in [-0.25, -0.2) is 4.98 Å². The number of carboxylic acids is 1. The average molecular weight is 212 g/mol. The fourth-order valence-electron chi connectivity index (χ4n) is 1.13. The average Bonchev–Trinajstić information content (AvgIpc) is 2.26. The number of hydrogen-bond acceptors (Lipinski definition) is 5. The van der Waals surface area contributed by atoms with Gasteiger partial charge < -0.3 is 20.7 Å². The van der Waals surface area contributed by atoms with Gasteiger partial charge in [0.2, 0.25) is 5.88 Å². The van der Waals surface area contributed by atoms with Crippen molar-refractivity contribution in [3.8, 4) is 5.88 Å². The van der Waals surface area contributed by atoms with E-state index in [2.05, 4.69) is 4.98 Å². The lowest BCUT2D eigenvalue weighted by Gasteiger charge is -2.16. The van der Waals surface area contributed by atoms with Gasteiger partial charge in [0.15, 0.2) is 0 Å². The van der Waals surface area contributed by atoms with E-state index >= 15 is 0 Å². The summed E-state index contributed by atoms with van der Waals surface area (Å²) in [4.78, 5) is 14.4. The number of carboxylic acid groups (broad SMARTS) is 1. The van der Waals surface area contributed by atoms with Crippen LogP contribution in [0.15, 0.2) is 18.3 Å². The van der Waals surface area contributed by atoms with Crippen molar-refractivity contribution in [3.05, 3.63) is 23.9 Å². The molecule has 0 fully saturated rings. The number of aliphatic hydroxyl groups is 1. The molecule has 0 saturated carbocycles. The maximum Gasteiger partial charge on any atom is 0.323 e. The highest BCUT2D eigenvalue weighted by Crippen LogP contribution is 2.23. The van der Waals surface area contributed by atoms with E-state index in [1.165, 1.54) is 19.4 Å². The lowest BCUT2D eigenvalue weighted by Crippen LogP contribution is -2.36. The van der Waals surface area contributed by atoms with Crippen LogP contribution in [0.25, 0.3) is 0 Å². The first-order valence-corrected chi connectivity index (χ1v) is 4.23. The van der Waals surface area contributed by atoms with Gasteiger partial charge >= 0.3 is 5.97 Å². The number of ether oxygens (including phenoxy) is 1. The Morgan fingerprint density at radius 2 is 2.33 bits per heavy atom. The molecular weight excluding hydrogens is 200 g/mol. The molecule has 0 aromatic carbocycles. The summed E-state index contributed by atoms with van der Waals surface area (Å²) >= 11 is 0. The first-order chi connectivity index (χ1) is 7.07. The van der Waals surface area contributed by atoms with Crippen molar-refractivity contribution in [3.63, 3.8) is 0 Å². The normalized spacial score (nSPS) is 14.3. The number of aliphatic hydroxyl groups excluding tert-OH is 1. The highest BCUT2D eigenvalue weighted by molar-refractivity contribution is 5.74. The fourth-order valence-corrected chi connectivity index (χ4v) is 1.13. The summed E-state index contributed by atoms with van der Waals surface area (Å²) in [5.74, 6) is -1.12. The lowest BCUT2D eigenvalue weighted by molar-refractivity contribution is -0.141. The van der Waals surface area contributed by atoms with Crippen LogP contribution in [0.2, 0.25) is 0 Å². The summed E-state index contributed by atoms with van der Waals surface area (Å²) in [5.41, 5.74) is 5.54. The molecule has 2 atom stereocenters. The molecular formula is C9H12N2O4. The van der Waals surface area contributed by atoms with Gasteiger partial charge in [-0.3, -0.25) is 4.79 Å². The van der Waals surface area contributed by atoms with E-state index in [-0.39, 0.29) is 11.4 Å². The van der Waals surface area contributed by atoms with E-state index in [4.69, 9.17) is 15.6 Å². The molecule has 1 rings (SSSR count). The van der Waals surface area contributed by atoms with Crippen molar-refractivity contribution in [2.24, 2.45) is 5.73 Å². The Bertz CT molecular complexity index is 356. The molecule has 0 bridgehead atoms. The fraction of sp³-hybridized carbons (Fsp3) is 0.333. The molecule has 1 heterocycles. The zero-order valence-electron chi connectivity index (χ0n) is 8.12. The van der Waals surface area contributed by atoms with Gasteiger partial charge in [-0.2, -0.15) is 0 Å². The zero-order valence-corrected chi connectivity index (χ0v) is 8.12. The predicted molar refractivity (Wildman–Crippen MR) is 51.4 cm³/mol. The molecule has 0 saturated heterocycles. The third-order valence-electron chi connectivity index (χ3n) is 1.94. The van der Waals surface area contributed by atoms with Gasteiger partial charge in [-0.1, -0.05) is 0 Å². The van der Waals surface area contributed by atoms with Crippen LogP contribution in [0.1, 0.15) is 11.7 Å². The third kappa shape index (κ3) is 2.42. The van der Waals surface area contributed by atoms with Crippen molar-refractivity contribution in [1.29, 1.82) is 0 Å². The Morgan fingerprint density at radius 1 is 1.67 bits per heavy atom. The third-order valence-corrected chi connectivity index (χ3v) is 1.94. The van der Waals surface area contributed by atoms with Crippen molar-refractivity contribution in [1.82, 2.24) is 4.98 Å². The van der Waals surface area contributed by atoms with Crippen LogP contribution >= 0.6 is 0 Å². The van der Waals surface area contributed by atoms with Crippen LogP contribution in [0.4, 0.5) is 0 Å². The number of rotatable bonds is 4. The summed E-state index contributed by atoms with van der Waals surface area (Å²) in [5, 5.41) is 18.3. The van der Waals surface area contributed by atoms with E-state index < -0.39 is 18.1 Å². The van der Waals surface area contributed by atoms with Crippen molar-refractivity contribution in [2.75, 3.05) is 7.11 Å². The van der Waals surface area contributed by atoms with Crippen molar-refractivity contribution < 1.29 is 19.7 Å². The van der Waals surface area contributed by atoms with Crippen LogP contribution in [0, 0.1) is 0 Å². The number of pyridine rings is 1. The predicted octanol–water partition coefficient (Wildman–Crippen LogP) is -0.465. The largest absolute Gasteiger partial charge is 0.481 e. The molecule has 0 radical (unpaired) electrons. The molecule has 6 nitrogen and oxygen atoms in total. The number of aromatic nitrogens is 1. The Morgan fingerprint density at radius 3 is 2.87 bits per heavy atom. The number of methoxy groups -OCH3 is 1. The van der Waals surface area contributed by atoms with Crippen LogP contribution in [0.3, 0.4) is 0 Å². The monoisotopic (exact) mass is 212 g/mol. The molecule has 0 amide bonds. The Kier molecular flexibility index (Phi) is 3.59. The number of aliphatic carboxylic acids is 1. The zero-order chi connectivity index (χ0) is 11.4. The van der Waals surface area contributed by atoms with Crippen LogP contribution < -0.4 is 10.5 Å². The minimum Gasteiger partial charge on any atom is -0.481 e. The topological polar surface area (TPSA) is 106 Å². The standard InChI is InChI=1S/C9H12N2O4/c1-15-8-5(3-2-4-11-8)7(12)6(10)9(13)14/h2-4,6-7,12H,10H2,1H3,(H,13,14). The molecule has 15 heavy (non-hydrogen) atoms. The molecule has 0 aliphatic carbocycles. The second kappa shape index (κ2) is 4.72. The maximum absolute atomic E-state index is 10.6. The molecule has 0 aliphatic heterocycles. The smallest absolute Gasteiger partial charge is 0.323 e. The van der Waals surface area contributed by atoms with Crippen LogP contribution in [-0.4, -0.2) is 34.3 Å². The molecule has 82 valence electrons. The molecule has 1 aromatic heterocycles. The van der Waals surface area contributed by atoms with Gasteiger partial charge in [-0.05, 0) is 12.1 Å². The van der Waals surface area contributed by atoms with Crippen LogP contribution in [0.5, 0.6) is 5.88 Å². The minimum absolute atomic E-state index is 0.168. The van der Waals surface area contributed by atoms with E-state index in [9.17, 15) is 9.90 Å². The highest BCUT2D eigenvalue weighted by Gasteiger charge is 2.26. The van der Waals surface area contributed by atoms with E-state index in [1.54, 1.807) is 6.07 Å². The van der Waals surface area contributed by atoms with Gasteiger partial charge in [0.1, 0.15) is 12.1 Å². The van der Waals surface area contributed by atoms with Crippen molar-refractivity contribution in [2.45, 2.75) is 12.1 Å². The minimum atomic E-state index is -1.40. The Hall–Kier alpha value is -1.66. The van der Waals surface area contributed by atoms with Crippen molar-refractivity contribution >= 4 is 5.97 Å². The molecule has 1 aromatic rings. The number of hydrogen-bond donors (Lipinski definition) is 3. The van der Waals surface area contributed by atoms with Crippen LogP contribution in [-0.2, 0) is 4.79 Å². The van der Waals surface area contributed by atoms with Gasteiger partial charge in [0.25, 0.3) is 0 Å². The van der Waals surface area contributed by atoms with E-state index in [0.29, 0.717) is 0 Å². The van der Waals surface area contributed by atoms with Gasteiger partial charge in [-0.15, -0.1) is 0 Å². The number of nitrogens with two attached hydrogens (primary N) is 1. The second-order valence-corrected chi connectivity index (χ2v) is 2.91. The SMILES string of the molecule is COc1ncccc1C(O)C(N)C(=O)O. The molecule has 0 spiro atoms. The first kappa shape index (κ1) is 11.4. The summed E-state index contributed by atoms with van der Waals surface area (Å²) < 4.78 is 4.88. The summed E-state index contributed by atoms with van der Waals surface area (Å²) in [6.45, 7) is 0. The van der Waals surface area contributed by atoms with E-state index in [1.807, 2.05) is 0 Å². The van der Waals surface area contributed by atoms with Gasteiger partial charge in [0.05, 0.1) is 7.11 Å². The number of carbonyl (C=O) groups is 1. The lowest BCUT2D eigenvalue weighted by atomic mass is 10.0. The Balaban J connectivity index is 2.99. The first-order valence-electron chi connectivity index (χ1n) is 4.23. The second-order valence-electron chi connectivity index (χ2n) is 2.91. The number of nitrogens with zero attached hydrogens (tertiary/aromatic N) is 1. The van der Waals surface area contributed by atoms with E-state index in [0.717, 1.165) is 0 Å². The summed E-state index contributed by atoms with van der Waals surface area (Å²) in [7, 11) is 1.38. The maximum atomic E-state index is 10.6. The molecule has 4 N–H and O–H groups in total. The quantitative estimate of drug-likeness (QED) is 0.623. The van der Waals surface area contributed by atoms with Gasteiger partial charge in [0, 0.05) is 11.8 Å². The summed E-state index contributed by atoms with van der Waals surface area (Å²) in [6.07, 6.45) is 0.132. The molecule has 6 heteroatoms. The molecule has 0 aliphatic rings.